The van der Waals surface area contributed by atoms with Crippen molar-refractivity contribution in [2.75, 3.05) is 0 Å². The van der Waals surface area contributed by atoms with Crippen molar-refractivity contribution in [2.45, 2.75) is 26.3 Å². The Morgan fingerprint density at radius 1 is 1.12 bits per heavy atom. The van der Waals surface area contributed by atoms with Crippen molar-refractivity contribution < 1.29 is 3.50 Å². The van der Waals surface area contributed by atoms with Crippen molar-refractivity contribution in [1.29, 1.82) is 0 Å². The molecule has 0 heterocycles. The van der Waals surface area contributed by atoms with Crippen LogP contribution in [0.5, 0.6) is 0 Å². The first-order valence-corrected chi connectivity index (χ1v) is 25.0. The van der Waals surface area contributed by atoms with Gasteiger partial charge in [-0.15, -0.1) is 0 Å². The van der Waals surface area contributed by atoms with Crippen molar-refractivity contribution >= 4 is 26.4 Å². The van der Waals surface area contributed by atoms with Gasteiger partial charge in [0.1, 0.15) is 0 Å². The third-order valence-electron chi connectivity index (χ3n) is 1.78. The molecular weight excluding hydrogens is 270 g/mol. The van der Waals surface area contributed by atoms with Crippen molar-refractivity contribution in [3.05, 3.63) is 0 Å². The van der Waals surface area contributed by atoms with E-state index in [1.165, 1.54) is 0 Å². The van der Waals surface area contributed by atoms with Gasteiger partial charge in [-0.05, 0) is 0 Å². The molecule has 0 fully saturated rings. The first kappa shape index (κ1) is 9.27. The summed E-state index contributed by atoms with van der Waals surface area (Å²) in [6.07, 6.45) is 0. The van der Waals surface area contributed by atoms with Gasteiger partial charge in [0.2, 0.25) is 0 Å². The van der Waals surface area contributed by atoms with Gasteiger partial charge in [0.05, 0.1) is 0 Å². The number of rotatable bonds is 1. The molecule has 0 aromatic carbocycles. The monoisotopic (exact) mass is 288 g/mol. The Morgan fingerprint density at radius 3 is 1.25 bits per heavy atom. The summed E-state index contributed by atoms with van der Waals surface area (Å²) in [5.41, 5.74) is 0. The van der Waals surface area contributed by atoms with Gasteiger partial charge in [-0.3, -0.25) is 0 Å². The van der Waals surface area contributed by atoms with Crippen LogP contribution in [0.2, 0.25) is 26.3 Å². The Balaban J connectivity index is 4.02. The topological polar surface area (TPSA) is 0 Å². The molecule has 50 valence electrons. The van der Waals surface area contributed by atoms with E-state index in [-0.39, 0.29) is 0 Å². The van der Waals surface area contributed by atoms with E-state index in [0.29, 0.717) is 0 Å². The van der Waals surface area contributed by atoms with Gasteiger partial charge in [0, 0.05) is 0 Å². The molecule has 0 aliphatic heterocycles. The summed E-state index contributed by atoms with van der Waals surface area (Å²) >= 11 is -2.00. The Kier molecular flexibility index (Phi) is 2.88. The third kappa shape index (κ3) is 2.71. The molecule has 0 aliphatic carbocycles. The zero-order chi connectivity index (χ0) is 7.00. The normalized spacial score (nSPS) is 14.2. The molecule has 0 unspecified atom stereocenters. The third-order valence-corrected chi connectivity index (χ3v) is 62.2. The van der Waals surface area contributed by atoms with Crippen LogP contribution in [0.25, 0.3) is 0 Å². The van der Waals surface area contributed by atoms with Gasteiger partial charge >= 0.3 is 56.3 Å². The van der Waals surface area contributed by atoms with E-state index in [2.05, 4.69) is 14.8 Å². The minimum absolute atomic E-state index is 1.88. The first-order chi connectivity index (χ1) is 3.25. The van der Waals surface area contributed by atoms with Crippen molar-refractivity contribution in [3.63, 3.8) is 0 Å². The molecule has 0 aliphatic rings. The summed E-state index contributed by atoms with van der Waals surface area (Å²) < 4.78 is 13.2. The molecule has 0 amide bonds. The van der Waals surface area contributed by atoms with Crippen LogP contribution in [-0.4, -0.2) is 26.4 Å². The molecule has 0 rings (SSSR count). The second kappa shape index (κ2) is 2.48. The van der Waals surface area contributed by atoms with E-state index in [1.807, 2.05) is 11.5 Å². The Labute approximate surface area is 56.1 Å². The predicted octanol–water partition coefficient (Wildman–Crippen LogP) is 2.58. The van der Waals surface area contributed by atoms with E-state index in [0.717, 1.165) is 0 Å². The molecule has 0 radical (unpaired) electrons. The van der Waals surface area contributed by atoms with Crippen LogP contribution in [0.3, 0.4) is 0 Å². The standard InChI is InChI=1S/C2H6FGe.3CH3.Sn/c1-4(2)3;;;;/h1-2H3;3*1H3;. The molecule has 0 spiro atoms. The van der Waals surface area contributed by atoms with Gasteiger partial charge in [0.15, 0.2) is 0 Å². The second-order valence-corrected chi connectivity index (χ2v) is 61.5. The fraction of sp³-hybridized carbons (Fsp3) is 1.00. The second-order valence-electron chi connectivity index (χ2n) is 3.72. The van der Waals surface area contributed by atoms with Crippen LogP contribution in [0.1, 0.15) is 0 Å². The Hall–Kier alpha value is 1.27. The molecule has 0 saturated carbocycles. The van der Waals surface area contributed by atoms with Crippen LogP contribution in [-0.2, 0) is 0 Å². The van der Waals surface area contributed by atoms with Crippen LogP contribution in [0, 0.1) is 0 Å². The minimum atomic E-state index is -2.60. The summed E-state index contributed by atoms with van der Waals surface area (Å²) in [7, 11) is -2.60. The average molecular weight is 285 g/mol. The van der Waals surface area contributed by atoms with E-state index in [9.17, 15) is 3.50 Å². The summed E-state index contributed by atoms with van der Waals surface area (Å²) in [5.74, 6) is 3.77. The van der Waals surface area contributed by atoms with Gasteiger partial charge in [-0.1, -0.05) is 0 Å². The Morgan fingerprint density at radius 2 is 1.25 bits per heavy atom. The summed E-state index contributed by atoms with van der Waals surface area (Å²) in [5, 5.41) is 0. The maximum absolute atomic E-state index is 13.2. The maximum atomic E-state index is 13.2. The summed E-state index contributed by atoms with van der Waals surface area (Å²) in [6.45, 7) is 0. The zero-order valence-electron chi connectivity index (χ0n) is 6.38. The van der Waals surface area contributed by atoms with Crippen molar-refractivity contribution in [3.8, 4) is 0 Å². The van der Waals surface area contributed by atoms with E-state index < -0.39 is 26.4 Å². The van der Waals surface area contributed by atoms with Crippen LogP contribution in [0.15, 0.2) is 0 Å². The van der Waals surface area contributed by atoms with Crippen molar-refractivity contribution in [1.82, 2.24) is 0 Å². The SMILES string of the molecule is [CH3][Ge]([CH3])([F])[Sn]([CH3])([CH3])[CH3]. The van der Waals surface area contributed by atoms with Gasteiger partial charge in [-0.25, -0.2) is 0 Å². The molecule has 8 heavy (non-hydrogen) atoms. The molecule has 0 aromatic heterocycles. The molecule has 0 N–H and O–H groups in total. The Bertz CT molecular complexity index is 67.4. The number of hydrogen-bond acceptors (Lipinski definition) is 0. The zero-order valence-corrected chi connectivity index (χ0v) is 11.3. The molecular formula is C5H15FGeSn. The average Bonchev–Trinajstić information content (AvgIpc) is 1.25. The predicted molar refractivity (Wildman–Crippen MR) is 41.9 cm³/mol. The van der Waals surface area contributed by atoms with E-state index in [4.69, 9.17) is 0 Å². The van der Waals surface area contributed by atoms with E-state index in [1.54, 1.807) is 0 Å². The number of hydrogen-bond donors (Lipinski definition) is 0. The molecule has 0 nitrogen and oxygen atoms in total. The van der Waals surface area contributed by atoms with E-state index >= 15 is 0 Å². The quantitative estimate of drug-likeness (QED) is 0.650. The van der Waals surface area contributed by atoms with Gasteiger partial charge in [0.25, 0.3) is 0 Å². The molecule has 0 bridgehead atoms. The molecule has 0 atom stereocenters. The van der Waals surface area contributed by atoms with Crippen molar-refractivity contribution in [2.24, 2.45) is 0 Å². The summed E-state index contributed by atoms with van der Waals surface area (Å²) in [6, 6.07) is 0. The first-order valence-electron chi connectivity index (χ1n) is 2.94. The molecule has 0 aromatic rings. The van der Waals surface area contributed by atoms with Gasteiger partial charge in [-0.2, -0.15) is 0 Å². The number of halogens is 1. The van der Waals surface area contributed by atoms with Crippen LogP contribution in [0.4, 0.5) is 3.50 Å². The van der Waals surface area contributed by atoms with Crippen LogP contribution < -0.4 is 0 Å². The fourth-order valence-electron chi connectivity index (χ4n) is 0. The van der Waals surface area contributed by atoms with Crippen LogP contribution >= 0.6 is 0 Å². The molecule has 0 saturated heterocycles. The molecule has 3 heteroatoms. The van der Waals surface area contributed by atoms with Gasteiger partial charge < -0.3 is 0 Å². The summed E-state index contributed by atoms with van der Waals surface area (Å²) in [4.78, 5) is 6.57. The fourth-order valence-corrected chi connectivity index (χ4v) is 0.